The number of halogens is 4. The Labute approximate surface area is 206 Å². The molecule has 3 aromatic heterocycles. The van der Waals surface area contributed by atoms with Gasteiger partial charge in [0.1, 0.15) is 17.5 Å². The van der Waals surface area contributed by atoms with Crippen LogP contribution in [0.15, 0.2) is 70.7 Å². The summed E-state index contributed by atoms with van der Waals surface area (Å²) in [6.45, 7) is 0.170. The molecule has 1 aliphatic rings. The lowest BCUT2D eigenvalue weighted by Crippen LogP contribution is -2.23. The molecular weight excluding hydrogens is 495 g/mol. The van der Waals surface area contributed by atoms with Gasteiger partial charge in [-0.1, -0.05) is 35.9 Å². The number of dihydropyridines is 1. The molecule has 36 heavy (non-hydrogen) atoms. The maximum absolute atomic E-state index is 13.1. The average Bonchev–Trinajstić information content (AvgIpc) is 3.19. The van der Waals surface area contributed by atoms with Crippen molar-refractivity contribution in [3.05, 3.63) is 93.3 Å². The first-order chi connectivity index (χ1) is 17.2. The topological polar surface area (TPSA) is 101 Å². The largest absolute Gasteiger partial charge is 0.433 e. The fraction of sp³-hybridized carbons (Fsp3) is 0.167. The second-order valence-electron chi connectivity index (χ2n) is 8.01. The van der Waals surface area contributed by atoms with Crippen molar-refractivity contribution in [2.75, 3.05) is 6.54 Å². The van der Waals surface area contributed by atoms with E-state index in [0.29, 0.717) is 27.4 Å². The summed E-state index contributed by atoms with van der Waals surface area (Å²) < 4.78 is 40.8. The van der Waals surface area contributed by atoms with Crippen LogP contribution < -0.4 is 5.69 Å². The van der Waals surface area contributed by atoms with Crippen molar-refractivity contribution in [1.29, 1.82) is 5.26 Å². The van der Waals surface area contributed by atoms with Crippen molar-refractivity contribution < 1.29 is 13.2 Å². The Hall–Kier alpha value is -4.30. The number of aromatic nitrogens is 5. The zero-order valence-corrected chi connectivity index (χ0v) is 19.1. The summed E-state index contributed by atoms with van der Waals surface area (Å²) in [7, 11) is 0. The molecule has 0 radical (unpaired) electrons. The number of allylic oxidation sites excluding steroid dienone is 1. The molecule has 1 atom stereocenters. The maximum atomic E-state index is 13.1. The average molecular weight is 510 g/mol. The first-order valence-corrected chi connectivity index (χ1v) is 11.0. The number of aliphatic imine (C=N–C) groups is 1. The van der Waals surface area contributed by atoms with E-state index in [1.54, 1.807) is 24.4 Å². The Morgan fingerprint density at radius 1 is 1.14 bits per heavy atom. The summed E-state index contributed by atoms with van der Waals surface area (Å²) in [5, 5.41) is 18.5. The molecule has 180 valence electrons. The highest BCUT2D eigenvalue weighted by atomic mass is 35.5. The van der Waals surface area contributed by atoms with Crippen LogP contribution in [0.1, 0.15) is 22.7 Å². The number of nitrogens with zero attached hydrogens (tertiary/aromatic N) is 7. The Kier molecular flexibility index (Phi) is 5.89. The predicted octanol–water partition coefficient (Wildman–Crippen LogP) is 4.29. The predicted molar refractivity (Wildman–Crippen MR) is 126 cm³/mol. The third-order valence-corrected chi connectivity index (χ3v) is 5.94. The van der Waals surface area contributed by atoms with Crippen LogP contribution in [0, 0.1) is 11.3 Å². The van der Waals surface area contributed by atoms with Crippen molar-refractivity contribution in [1.82, 2.24) is 24.4 Å². The van der Waals surface area contributed by atoms with E-state index < -0.39 is 17.6 Å². The minimum atomic E-state index is -4.56. The van der Waals surface area contributed by atoms with Crippen molar-refractivity contribution in [3.63, 3.8) is 0 Å². The Morgan fingerprint density at radius 3 is 2.53 bits per heavy atom. The Bertz CT molecular complexity index is 1610. The lowest BCUT2D eigenvalue weighted by atomic mass is 9.91. The van der Waals surface area contributed by atoms with Gasteiger partial charge in [0.25, 0.3) is 0 Å². The minimum absolute atomic E-state index is 0.0969. The Morgan fingerprint density at radius 2 is 1.92 bits per heavy atom. The van der Waals surface area contributed by atoms with Gasteiger partial charge in [0.15, 0.2) is 5.65 Å². The summed E-state index contributed by atoms with van der Waals surface area (Å²) in [6, 6.07) is 11.2. The van der Waals surface area contributed by atoms with Crippen LogP contribution >= 0.6 is 11.6 Å². The normalized spacial score (nSPS) is 15.6. The fourth-order valence-corrected chi connectivity index (χ4v) is 4.07. The SMILES string of the molecule is N#CC1=NCC(c2c(-c3ccc(Cl)cc3)cnn3c(=O)n(Cc4ccc(C(F)(F)F)nc4)nc23)C=C1. The summed E-state index contributed by atoms with van der Waals surface area (Å²) in [4.78, 5) is 20.8. The fourth-order valence-electron chi connectivity index (χ4n) is 3.94. The summed E-state index contributed by atoms with van der Waals surface area (Å²) in [6.07, 6.45) is 1.49. The molecule has 0 bridgehead atoms. The highest BCUT2D eigenvalue weighted by Gasteiger charge is 2.32. The van der Waals surface area contributed by atoms with Crippen LogP contribution in [0.2, 0.25) is 5.02 Å². The van der Waals surface area contributed by atoms with E-state index >= 15 is 0 Å². The van der Waals surface area contributed by atoms with Crippen molar-refractivity contribution in [3.8, 4) is 17.2 Å². The lowest BCUT2D eigenvalue weighted by molar-refractivity contribution is -0.141. The molecule has 4 heterocycles. The van der Waals surface area contributed by atoms with E-state index in [9.17, 15) is 18.0 Å². The molecule has 0 N–H and O–H groups in total. The molecule has 5 rings (SSSR count). The first-order valence-electron chi connectivity index (χ1n) is 10.6. The van der Waals surface area contributed by atoms with Gasteiger partial charge >= 0.3 is 11.9 Å². The first kappa shape index (κ1) is 23.4. The number of nitriles is 1. The third-order valence-electron chi connectivity index (χ3n) is 5.68. The number of pyridine rings is 1. The number of rotatable bonds is 4. The maximum Gasteiger partial charge on any atom is 0.433 e. The second-order valence-corrected chi connectivity index (χ2v) is 8.44. The van der Waals surface area contributed by atoms with Crippen LogP contribution in [0.25, 0.3) is 16.8 Å². The minimum Gasteiger partial charge on any atom is -0.273 e. The van der Waals surface area contributed by atoms with Crippen molar-refractivity contribution in [2.24, 2.45) is 4.99 Å². The standard InChI is InChI=1S/C24H15ClF3N7O/c25-17-5-2-15(3-6-17)19-12-32-35-22(21(19)16-4-7-18(9-29)30-11-16)33-34(23(35)36)13-14-1-8-20(31-10-14)24(26,27)28/h1-8,10,12,16H,11,13H2. The second kappa shape index (κ2) is 9.05. The van der Waals surface area contributed by atoms with Crippen molar-refractivity contribution >= 4 is 23.0 Å². The summed E-state index contributed by atoms with van der Waals surface area (Å²) in [5.41, 5.74) is 1.53. The molecule has 0 amide bonds. The zero-order valence-electron chi connectivity index (χ0n) is 18.3. The van der Waals surface area contributed by atoms with Gasteiger partial charge in [-0.15, -0.1) is 5.10 Å². The smallest absolute Gasteiger partial charge is 0.273 e. The summed E-state index contributed by atoms with van der Waals surface area (Å²) >= 11 is 6.05. The molecule has 1 aromatic carbocycles. The molecule has 1 aliphatic heterocycles. The quantitative estimate of drug-likeness (QED) is 0.408. The van der Waals surface area contributed by atoms with Crippen LogP contribution in [0.3, 0.4) is 0 Å². The molecule has 0 saturated heterocycles. The number of hydrogen-bond donors (Lipinski definition) is 0. The van der Waals surface area contributed by atoms with E-state index in [0.717, 1.165) is 27.0 Å². The molecule has 1 unspecified atom stereocenters. The molecule has 8 nitrogen and oxygen atoms in total. The molecular formula is C24H15ClF3N7O. The molecule has 0 aliphatic carbocycles. The Balaban J connectivity index is 1.62. The van der Waals surface area contributed by atoms with Gasteiger partial charge in [-0.3, -0.25) is 9.98 Å². The molecule has 12 heteroatoms. The molecule has 0 fully saturated rings. The zero-order chi connectivity index (χ0) is 25.4. The van der Waals surface area contributed by atoms with E-state index in [-0.39, 0.29) is 24.7 Å². The number of benzene rings is 1. The van der Waals surface area contributed by atoms with Gasteiger partial charge in [-0.25, -0.2) is 9.48 Å². The lowest BCUT2D eigenvalue weighted by Gasteiger charge is -2.18. The van der Waals surface area contributed by atoms with Crippen LogP contribution in [-0.2, 0) is 12.7 Å². The highest BCUT2D eigenvalue weighted by molar-refractivity contribution is 6.30. The monoisotopic (exact) mass is 509 g/mol. The van der Waals surface area contributed by atoms with Gasteiger partial charge in [0.2, 0.25) is 0 Å². The van der Waals surface area contributed by atoms with E-state index in [2.05, 4.69) is 20.2 Å². The molecule has 0 spiro atoms. The van der Waals surface area contributed by atoms with Crippen LogP contribution in [0.4, 0.5) is 13.2 Å². The van der Waals surface area contributed by atoms with Crippen molar-refractivity contribution in [2.45, 2.75) is 18.6 Å². The van der Waals surface area contributed by atoms with Gasteiger partial charge < -0.3 is 0 Å². The molecule has 0 saturated carbocycles. The van der Waals surface area contributed by atoms with E-state index in [1.807, 2.05) is 24.3 Å². The van der Waals surface area contributed by atoms with Gasteiger partial charge in [-0.05, 0) is 35.4 Å². The van der Waals surface area contributed by atoms with Gasteiger partial charge in [0.05, 0.1) is 19.3 Å². The molecule has 4 aromatic rings. The number of hydrogen-bond acceptors (Lipinski definition) is 6. The van der Waals surface area contributed by atoms with E-state index in [1.165, 1.54) is 6.07 Å². The third kappa shape index (κ3) is 4.38. The summed E-state index contributed by atoms with van der Waals surface area (Å²) in [5.74, 6) is -0.304. The number of fused-ring (bicyclic) bond motifs is 1. The highest BCUT2D eigenvalue weighted by Crippen LogP contribution is 2.34. The van der Waals surface area contributed by atoms with Crippen LogP contribution in [0.5, 0.6) is 0 Å². The van der Waals surface area contributed by atoms with E-state index in [4.69, 9.17) is 16.9 Å². The van der Waals surface area contributed by atoms with Gasteiger partial charge in [0, 0.05) is 28.3 Å². The van der Waals surface area contributed by atoms with Gasteiger partial charge in [-0.2, -0.15) is 28.0 Å². The number of alkyl halides is 3. The van der Waals surface area contributed by atoms with Crippen LogP contribution in [-0.4, -0.2) is 36.6 Å².